The number of hydrogen-bond donors (Lipinski definition) is 0. The monoisotopic (exact) mass is 478 g/mol. The maximum absolute atomic E-state index is 13.4. The van der Waals surface area contributed by atoms with Crippen molar-refractivity contribution in [3.63, 3.8) is 0 Å². The Morgan fingerprint density at radius 3 is 2.54 bits per heavy atom. The lowest BCUT2D eigenvalue weighted by molar-refractivity contribution is 0.934. The molecule has 0 aliphatic rings. The van der Waals surface area contributed by atoms with Crippen LogP contribution in [0.25, 0.3) is 28.7 Å². The van der Waals surface area contributed by atoms with Crippen molar-refractivity contribution in [1.29, 1.82) is 0 Å². The first kappa shape index (κ1) is 18.6. The Labute approximate surface area is 177 Å². The highest BCUT2D eigenvalue weighted by atomic mass is 127. The minimum Gasteiger partial charge on any atom is -0.268 e. The van der Waals surface area contributed by atoms with Gasteiger partial charge in [-0.1, -0.05) is 54.1 Å². The summed E-state index contributed by atoms with van der Waals surface area (Å²) in [5, 5.41) is 0.628. The van der Waals surface area contributed by atoms with Crippen molar-refractivity contribution in [2.24, 2.45) is 0 Å². The fraction of sp³-hybridized carbons (Fsp3) is 0.0833. The first-order valence-corrected chi connectivity index (χ1v) is 10.1. The van der Waals surface area contributed by atoms with Gasteiger partial charge in [-0.05, 0) is 77.9 Å². The molecular weight excluding hydrogens is 459 g/mol. The number of rotatable bonds is 3. The van der Waals surface area contributed by atoms with E-state index in [1.165, 1.54) is 5.56 Å². The lowest BCUT2D eigenvalue weighted by Gasteiger charge is -2.13. The van der Waals surface area contributed by atoms with Crippen LogP contribution in [0.2, 0.25) is 0 Å². The summed E-state index contributed by atoms with van der Waals surface area (Å²) in [5.41, 5.74) is 4.81. The zero-order chi connectivity index (χ0) is 19.7. The lowest BCUT2D eigenvalue weighted by atomic mass is 10.1. The number of nitrogens with zero attached hydrogens (tertiary/aromatic N) is 2. The zero-order valence-corrected chi connectivity index (χ0v) is 17.8. The summed E-state index contributed by atoms with van der Waals surface area (Å²) in [7, 11) is 0. The number of halogens is 1. The second-order valence-corrected chi connectivity index (χ2v) is 8.05. The van der Waals surface area contributed by atoms with E-state index in [1.807, 2.05) is 73.7 Å². The van der Waals surface area contributed by atoms with E-state index in [4.69, 9.17) is 4.98 Å². The van der Waals surface area contributed by atoms with Crippen LogP contribution in [0.3, 0.4) is 0 Å². The summed E-state index contributed by atoms with van der Waals surface area (Å²) in [5.74, 6) is 0.620. The third-order valence-electron chi connectivity index (χ3n) is 4.68. The van der Waals surface area contributed by atoms with Crippen molar-refractivity contribution < 1.29 is 0 Å². The maximum Gasteiger partial charge on any atom is 0.266 e. The molecule has 138 valence electrons. The van der Waals surface area contributed by atoms with Gasteiger partial charge in [0.2, 0.25) is 0 Å². The predicted molar refractivity (Wildman–Crippen MR) is 125 cm³/mol. The zero-order valence-electron chi connectivity index (χ0n) is 15.7. The average molecular weight is 478 g/mol. The van der Waals surface area contributed by atoms with Gasteiger partial charge < -0.3 is 0 Å². The van der Waals surface area contributed by atoms with Crippen LogP contribution in [0.15, 0.2) is 71.5 Å². The van der Waals surface area contributed by atoms with Gasteiger partial charge in [0.05, 0.1) is 16.6 Å². The van der Waals surface area contributed by atoms with Crippen molar-refractivity contribution in [2.45, 2.75) is 13.8 Å². The first-order chi connectivity index (χ1) is 13.5. The molecular formula is C24H19IN2O. The van der Waals surface area contributed by atoms with E-state index >= 15 is 0 Å². The van der Waals surface area contributed by atoms with Crippen molar-refractivity contribution in [3.8, 4) is 5.69 Å². The van der Waals surface area contributed by atoms with Crippen molar-refractivity contribution >= 4 is 45.6 Å². The van der Waals surface area contributed by atoms with Crippen molar-refractivity contribution in [2.75, 3.05) is 0 Å². The summed E-state index contributed by atoms with van der Waals surface area (Å²) in [4.78, 5) is 18.2. The van der Waals surface area contributed by atoms with E-state index in [0.717, 1.165) is 20.4 Å². The summed E-state index contributed by atoms with van der Waals surface area (Å²) in [6.07, 6.45) is 3.92. The van der Waals surface area contributed by atoms with E-state index in [-0.39, 0.29) is 5.56 Å². The molecule has 0 radical (unpaired) electrons. The Bertz CT molecular complexity index is 1270. The summed E-state index contributed by atoms with van der Waals surface area (Å²) in [6, 6.07) is 21.9. The molecule has 0 N–H and O–H groups in total. The minimum absolute atomic E-state index is 0.0540. The second-order valence-electron chi connectivity index (χ2n) is 6.81. The Kier molecular flexibility index (Phi) is 5.13. The van der Waals surface area contributed by atoms with Crippen LogP contribution in [-0.4, -0.2) is 9.55 Å². The smallest absolute Gasteiger partial charge is 0.266 e. The number of aryl methyl sites for hydroxylation is 2. The first-order valence-electron chi connectivity index (χ1n) is 9.06. The van der Waals surface area contributed by atoms with Gasteiger partial charge in [0.1, 0.15) is 5.82 Å². The van der Waals surface area contributed by atoms with Gasteiger partial charge >= 0.3 is 0 Å². The fourth-order valence-electron chi connectivity index (χ4n) is 3.28. The van der Waals surface area contributed by atoms with Crippen LogP contribution >= 0.6 is 22.6 Å². The fourth-order valence-corrected chi connectivity index (χ4v) is 3.77. The van der Waals surface area contributed by atoms with Crippen molar-refractivity contribution in [3.05, 3.63) is 103 Å². The number of fused-ring (bicyclic) bond motifs is 1. The summed E-state index contributed by atoms with van der Waals surface area (Å²) >= 11 is 2.22. The molecule has 0 fully saturated rings. The van der Waals surface area contributed by atoms with Crippen LogP contribution < -0.4 is 5.56 Å². The lowest BCUT2D eigenvalue weighted by Crippen LogP contribution is -2.23. The third-order valence-corrected chi connectivity index (χ3v) is 5.35. The second kappa shape index (κ2) is 7.72. The Hall–Kier alpha value is -2.73. The van der Waals surface area contributed by atoms with Gasteiger partial charge in [-0.25, -0.2) is 4.98 Å². The molecule has 1 aromatic heterocycles. The number of para-hydroxylation sites is 1. The van der Waals surface area contributed by atoms with E-state index in [9.17, 15) is 4.79 Å². The molecule has 0 atom stereocenters. The normalized spacial score (nSPS) is 11.4. The molecule has 4 aromatic rings. The van der Waals surface area contributed by atoms with Crippen LogP contribution in [0.4, 0.5) is 0 Å². The number of benzene rings is 3. The topological polar surface area (TPSA) is 34.9 Å². The highest BCUT2D eigenvalue weighted by Gasteiger charge is 2.13. The molecule has 4 rings (SSSR count). The van der Waals surface area contributed by atoms with E-state index < -0.39 is 0 Å². The summed E-state index contributed by atoms with van der Waals surface area (Å²) < 4.78 is 2.73. The molecule has 0 amide bonds. The van der Waals surface area contributed by atoms with Gasteiger partial charge in [-0.3, -0.25) is 9.36 Å². The standard InChI is InChI=1S/C24H19IN2O/c1-16-6-5-8-18(14-16)10-13-23-26-21-12-11-19(25)15-20(21)24(28)27(23)22-9-4-3-7-17(22)2/h3-15H,1-2H3/b13-10+. The van der Waals surface area contributed by atoms with E-state index in [0.29, 0.717) is 16.7 Å². The summed E-state index contributed by atoms with van der Waals surface area (Å²) in [6.45, 7) is 4.07. The van der Waals surface area contributed by atoms with Gasteiger partial charge in [0.15, 0.2) is 0 Å². The van der Waals surface area contributed by atoms with E-state index in [1.54, 1.807) is 4.57 Å². The molecule has 0 unspecified atom stereocenters. The van der Waals surface area contributed by atoms with E-state index in [2.05, 4.69) is 41.6 Å². The quantitative estimate of drug-likeness (QED) is 0.350. The van der Waals surface area contributed by atoms with Crippen LogP contribution in [0.1, 0.15) is 22.5 Å². The molecule has 0 saturated carbocycles. The number of aromatic nitrogens is 2. The molecule has 0 bridgehead atoms. The molecule has 0 aliphatic heterocycles. The largest absolute Gasteiger partial charge is 0.268 e. The third kappa shape index (κ3) is 3.64. The number of hydrogen-bond acceptors (Lipinski definition) is 2. The van der Waals surface area contributed by atoms with Gasteiger partial charge in [0.25, 0.3) is 5.56 Å². The average Bonchev–Trinajstić information content (AvgIpc) is 2.68. The Morgan fingerprint density at radius 1 is 0.929 bits per heavy atom. The molecule has 1 heterocycles. The van der Waals surface area contributed by atoms with Gasteiger partial charge in [0, 0.05) is 3.57 Å². The maximum atomic E-state index is 13.4. The molecule has 4 heteroatoms. The molecule has 28 heavy (non-hydrogen) atoms. The van der Waals surface area contributed by atoms with Crippen LogP contribution in [0, 0.1) is 17.4 Å². The van der Waals surface area contributed by atoms with Crippen molar-refractivity contribution in [1.82, 2.24) is 9.55 Å². The Balaban J connectivity index is 1.98. The molecule has 3 nitrogen and oxygen atoms in total. The van der Waals surface area contributed by atoms with Gasteiger partial charge in [-0.15, -0.1) is 0 Å². The molecule has 0 aliphatic carbocycles. The minimum atomic E-state index is -0.0540. The molecule has 0 saturated heterocycles. The highest BCUT2D eigenvalue weighted by molar-refractivity contribution is 14.1. The van der Waals surface area contributed by atoms with Gasteiger partial charge in [-0.2, -0.15) is 0 Å². The molecule has 0 spiro atoms. The predicted octanol–water partition coefficient (Wildman–Crippen LogP) is 5.78. The molecule has 3 aromatic carbocycles. The SMILES string of the molecule is Cc1cccc(/C=C/c2nc3ccc(I)cc3c(=O)n2-c2ccccc2C)c1. The highest BCUT2D eigenvalue weighted by Crippen LogP contribution is 2.19. The Morgan fingerprint density at radius 2 is 1.75 bits per heavy atom. The van der Waals surface area contributed by atoms with Crippen LogP contribution in [-0.2, 0) is 0 Å². The van der Waals surface area contributed by atoms with Crippen LogP contribution in [0.5, 0.6) is 0 Å².